The van der Waals surface area contributed by atoms with Crippen molar-refractivity contribution >= 4 is 11.6 Å². The fourth-order valence-electron chi connectivity index (χ4n) is 0.299. The zero-order chi connectivity index (χ0) is 6.62. The van der Waals surface area contributed by atoms with Crippen molar-refractivity contribution in [3.8, 4) is 11.8 Å². The quantitative estimate of drug-likeness (QED) is 0.378. The Hall–Kier alpha value is -0.150. The van der Waals surface area contributed by atoms with Gasteiger partial charge in [-0.25, -0.2) is 0 Å². The molecule has 0 fully saturated rings. The summed E-state index contributed by atoms with van der Waals surface area (Å²) in [5, 5.41) is 0. The van der Waals surface area contributed by atoms with Crippen LogP contribution < -0.4 is 0 Å². The highest BCUT2D eigenvalue weighted by atomic mass is 35.5. The van der Waals surface area contributed by atoms with Crippen LogP contribution in [0.4, 0.5) is 0 Å². The third-order valence-electron chi connectivity index (χ3n) is 0.686. The molecule has 0 spiro atoms. The predicted octanol–water partition coefficient (Wildman–Crippen LogP) is 2.42. The van der Waals surface area contributed by atoms with Gasteiger partial charge in [0.15, 0.2) is 0 Å². The SMILES string of the molecule is CC#CCC(C)(C)Cl. The molecule has 0 aliphatic carbocycles. The molecule has 0 amide bonds. The zero-order valence-corrected chi connectivity index (χ0v) is 6.34. The number of hydrogen-bond donors (Lipinski definition) is 0. The van der Waals surface area contributed by atoms with Gasteiger partial charge in [0.2, 0.25) is 0 Å². The minimum absolute atomic E-state index is 0.150. The van der Waals surface area contributed by atoms with Gasteiger partial charge in [-0.1, -0.05) is 0 Å². The molecule has 0 aromatic heterocycles. The maximum absolute atomic E-state index is 5.81. The van der Waals surface area contributed by atoms with Gasteiger partial charge in [-0.15, -0.1) is 23.4 Å². The summed E-state index contributed by atoms with van der Waals surface area (Å²) >= 11 is 5.81. The van der Waals surface area contributed by atoms with Crippen molar-refractivity contribution in [1.82, 2.24) is 0 Å². The molecular weight excluding hydrogens is 120 g/mol. The van der Waals surface area contributed by atoms with Crippen LogP contribution in [0, 0.1) is 11.8 Å². The van der Waals surface area contributed by atoms with Crippen molar-refractivity contribution in [1.29, 1.82) is 0 Å². The van der Waals surface area contributed by atoms with Crippen LogP contribution in [0.5, 0.6) is 0 Å². The van der Waals surface area contributed by atoms with Gasteiger partial charge in [-0.2, -0.15) is 0 Å². The van der Waals surface area contributed by atoms with Crippen LogP contribution in [-0.4, -0.2) is 4.87 Å². The first-order valence-corrected chi connectivity index (χ1v) is 3.02. The Morgan fingerprint density at radius 2 is 2.00 bits per heavy atom. The zero-order valence-electron chi connectivity index (χ0n) is 5.59. The molecule has 0 N–H and O–H groups in total. The number of hydrogen-bond acceptors (Lipinski definition) is 0. The molecule has 0 aromatic rings. The minimum Gasteiger partial charge on any atom is -0.119 e. The third kappa shape index (κ3) is 5.85. The van der Waals surface area contributed by atoms with Gasteiger partial charge < -0.3 is 0 Å². The molecule has 0 bridgehead atoms. The number of alkyl halides is 1. The first-order chi connectivity index (χ1) is 3.56. The lowest BCUT2D eigenvalue weighted by molar-refractivity contribution is 0.724. The Balaban J connectivity index is 3.50. The average molecular weight is 131 g/mol. The van der Waals surface area contributed by atoms with E-state index in [1.165, 1.54) is 0 Å². The first kappa shape index (κ1) is 7.85. The monoisotopic (exact) mass is 130 g/mol. The van der Waals surface area contributed by atoms with E-state index in [-0.39, 0.29) is 4.87 Å². The highest BCUT2D eigenvalue weighted by molar-refractivity contribution is 6.23. The Morgan fingerprint density at radius 1 is 1.50 bits per heavy atom. The van der Waals surface area contributed by atoms with Gasteiger partial charge in [-0.3, -0.25) is 0 Å². The molecule has 0 aliphatic rings. The van der Waals surface area contributed by atoms with Gasteiger partial charge in [0.05, 0.1) is 0 Å². The molecule has 0 nitrogen and oxygen atoms in total. The van der Waals surface area contributed by atoms with Crippen molar-refractivity contribution in [3.05, 3.63) is 0 Å². The molecule has 1 heteroatoms. The highest BCUT2D eigenvalue weighted by Gasteiger charge is 2.09. The van der Waals surface area contributed by atoms with E-state index in [2.05, 4.69) is 11.8 Å². The Kier molecular flexibility index (Phi) is 2.94. The summed E-state index contributed by atoms with van der Waals surface area (Å²) in [4.78, 5) is -0.150. The normalized spacial score (nSPS) is 10.0. The smallest absolute Gasteiger partial charge is 0.0499 e. The second kappa shape index (κ2) is 2.99. The van der Waals surface area contributed by atoms with E-state index < -0.39 is 0 Å². The lowest BCUT2D eigenvalue weighted by Gasteiger charge is -2.08. The molecule has 0 aromatic carbocycles. The van der Waals surface area contributed by atoms with E-state index >= 15 is 0 Å². The maximum atomic E-state index is 5.81. The third-order valence-corrected chi connectivity index (χ3v) is 0.819. The van der Waals surface area contributed by atoms with Crippen molar-refractivity contribution in [2.45, 2.75) is 32.1 Å². The Bertz CT molecular complexity index is 109. The Labute approximate surface area is 56.2 Å². The standard InChI is InChI=1S/C7H11Cl/c1-4-5-6-7(2,3)8/h6H2,1-3H3. The summed E-state index contributed by atoms with van der Waals surface area (Å²) < 4.78 is 0. The second-order valence-corrected chi connectivity index (χ2v) is 3.35. The van der Waals surface area contributed by atoms with Gasteiger partial charge in [0.1, 0.15) is 0 Å². The van der Waals surface area contributed by atoms with Crippen molar-refractivity contribution < 1.29 is 0 Å². The maximum Gasteiger partial charge on any atom is 0.0499 e. The minimum atomic E-state index is -0.150. The predicted molar refractivity (Wildman–Crippen MR) is 38.0 cm³/mol. The molecule has 0 unspecified atom stereocenters. The van der Waals surface area contributed by atoms with E-state index in [9.17, 15) is 0 Å². The summed E-state index contributed by atoms with van der Waals surface area (Å²) in [6.07, 6.45) is 0.769. The van der Waals surface area contributed by atoms with E-state index in [1.807, 2.05) is 20.8 Å². The van der Waals surface area contributed by atoms with Crippen LogP contribution in [0.3, 0.4) is 0 Å². The molecule has 8 heavy (non-hydrogen) atoms. The summed E-state index contributed by atoms with van der Waals surface area (Å²) in [5.74, 6) is 5.70. The number of rotatable bonds is 1. The molecule has 46 valence electrons. The molecule has 0 saturated heterocycles. The summed E-state index contributed by atoms with van der Waals surface area (Å²) in [6.45, 7) is 5.74. The van der Waals surface area contributed by atoms with E-state index in [1.54, 1.807) is 0 Å². The van der Waals surface area contributed by atoms with Crippen molar-refractivity contribution in [2.24, 2.45) is 0 Å². The first-order valence-electron chi connectivity index (χ1n) is 2.65. The molecule has 0 rings (SSSR count). The molecule has 0 radical (unpaired) electrons. The van der Waals surface area contributed by atoms with Crippen LogP contribution in [0.1, 0.15) is 27.2 Å². The van der Waals surface area contributed by atoms with Crippen LogP contribution in [0.15, 0.2) is 0 Å². The van der Waals surface area contributed by atoms with Gasteiger partial charge in [0, 0.05) is 11.3 Å². The van der Waals surface area contributed by atoms with Crippen molar-refractivity contribution in [3.63, 3.8) is 0 Å². The fraction of sp³-hybridized carbons (Fsp3) is 0.714. The number of halogens is 1. The van der Waals surface area contributed by atoms with E-state index in [0.717, 1.165) is 6.42 Å². The second-order valence-electron chi connectivity index (χ2n) is 2.32. The average Bonchev–Trinajstić information content (AvgIpc) is 1.59. The molecule has 0 aliphatic heterocycles. The molecular formula is C7H11Cl. The van der Waals surface area contributed by atoms with Crippen LogP contribution in [0.2, 0.25) is 0 Å². The topological polar surface area (TPSA) is 0 Å². The lowest BCUT2D eigenvalue weighted by atomic mass is 10.1. The van der Waals surface area contributed by atoms with Gasteiger partial charge in [-0.05, 0) is 20.8 Å². The summed E-state index contributed by atoms with van der Waals surface area (Å²) in [7, 11) is 0. The van der Waals surface area contributed by atoms with Crippen LogP contribution in [-0.2, 0) is 0 Å². The van der Waals surface area contributed by atoms with Crippen LogP contribution >= 0.6 is 11.6 Å². The van der Waals surface area contributed by atoms with Gasteiger partial charge in [0.25, 0.3) is 0 Å². The Morgan fingerprint density at radius 3 is 2.12 bits per heavy atom. The van der Waals surface area contributed by atoms with Crippen molar-refractivity contribution in [2.75, 3.05) is 0 Å². The lowest BCUT2D eigenvalue weighted by Crippen LogP contribution is -2.07. The summed E-state index contributed by atoms with van der Waals surface area (Å²) in [5.41, 5.74) is 0. The molecule has 0 atom stereocenters. The molecule has 0 heterocycles. The van der Waals surface area contributed by atoms with E-state index in [0.29, 0.717) is 0 Å². The molecule has 0 saturated carbocycles. The largest absolute Gasteiger partial charge is 0.119 e. The highest BCUT2D eigenvalue weighted by Crippen LogP contribution is 2.15. The summed E-state index contributed by atoms with van der Waals surface area (Å²) in [6, 6.07) is 0. The van der Waals surface area contributed by atoms with E-state index in [4.69, 9.17) is 11.6 Å². The van der Waals surface area contributed by atoms with Gasteiger partial charge >= 0.3 is 0 Å². The fourth-order valence-corrected chi connectivity index (χ4v) is 0.365. The van der Waals surface area contributed by atoms with Crippen LogP contribution in [0.25, 0.3) is 0 Å².